The molecular formula is CH4NNaOS2. The Balaban J connectivity index is 0. The maximum atomic E-state index is 4.45. The third-order valence-corrected chi connectivity index (χ3v) is 0.302. The van der Waals surface area contributed by atoms with E-state index >= 15 is 0 Å². The Bertz CT molecular complexity index is 48.8. The summed E-state index contributed by atoms with van der Waals surface area (Å²) in [6.07, 6.45) is 0. The van der Waals surface area contributed by atoms with Crippen molar-refractivity contribution in [3.05, 3.63) is 0 Å². The van der Waals surface area contributed by atoms with Crippen LogP contribution in [0.1, 0.15) is 0 Å². The van der Waals surface area contributed by atoms with Crippen molar-refractivity contribution in [2.45, 2.75) is 0 Å². The Kier molecular flexibility index (Phi) is 10.6. The Morgan fingerprint density at radius 2 is 2.00 bits per heavy atom. The fourth-order valence-corrected chi connectivity index (χ4v) is 0. The van der Waals surface area contributed by atoms with Gasteiger partial charge < -0.3 is 4.84 Å². The normalized spacial score (nSPS) is 5.67. The summed E-state index contributed by atoms with van der Waals surface area (Å²) in [5.41, 5.74) is 0. The molecule has 0 aliphatic heterocycles. The van der Waals surface area contributed by atoms with Gasteiger partial charge >= 0.3 is 29.6 Å². The summed E-state index contributed by atoms with van der Waals surface area (Å²) in [4.78, 5) is 3.85. The van der Waals surface area contributed by atoms with Crippen molar-refractivity contribution in [1.82, 2.24) is 0 Å². The quantitative estimate of drug-likeness (QED) is 0.201. The van der Waals surface area contributed by atoms with Gasteiger partial charge in [-0.3, -0.25) is 0 Å². The van der Waals surface area contributed by atoms with Crippen molar-refractivity contribution in [3.63, 3.8) is 0 Å². The number of hydrogen-bond acceptors (Lipinski definition) is 3. The molecule has 0 spiro atoms. The molecule has 2 nitrogen and oxygen atoms in total. The Morgan fingerprint density at radius 3 is 2.00 bits per heavy atom. The minimum atomic E-state index is 0. The Morgan fingerprint density at radius 1 is 1.83 bits per heavy atom. The van der Waals surface area contributed by atoms with E-state index in [0.29, 0.717) is 0 Å². The van der Waals surface area contributed by atoms with E-state index < -0.39 is 0 Å². The number of thiol groups is 1. The summed E-state index contributed by atoms with van der Waals surface area (Å²) in [7, 11) is 0. The zero-order valence-corrected chi connectivity index (χ0v) is 4.05. The molecule has 0 aliphatic rings. The monoisotopic (exact) mass is 133 g/mol. The first kappa shape index (κ1) is 10.2. The van der Waals surface area contributed by atoms with Crippen LogP contribution in [-0.2, 0) is 4.84 Å². The molecule has 0 aromatic rings. The number of rotatable bonds is 0. The van der Waals surface area contributed by atoms with Crippen LogP contribution in [0.2, 0.25) is 0 Å². The van der Waals surface area contributed by atoms with Gasteiger partial charge in [0.15, 0.2) is 0 Å². The fourth-order valence-electron chi connectivity index (χ4n) is 0. The van der Waals surface area contributed by atoms with Gasteiger partial charge in [0.2, 0.25) is 4.38 Å². The molecule has 0 unspecified atom stereocenters. The summed E-state index contributed by atoms with van der Waals surface area (Å²) in [5.74, 6) is 4.45. The molecular weight excluding hydrogens is 129 g/mol. The second kappa shape index (κ2) is 6.20. The van der Waals surface area contributed by atoms with Crippen LogP contribution in [0.15, 0.2) is 0 Å². The molecule has 0 aromatic heterocycles. The molecule has 0 aliphatic carbocycles. The van der Waals surface area contributed by atoms with Gasteiger partial charge in [0.1, 0.15) is 0 Å². The molecule has 0 fully saturated rings. The van der Waals surface area contributed by atoms with Crippen molar-refractivity contribution < 1.29 is 4.84 Å². The summed E-state index contributed by atoms with van der Waals surface area (Å²) < 4.78 is 0.0602. The Hall–Kier alpha value is 1.20. The maximum absolute atomic E-state index is 4.45. The van der Waals surface area contributed by atoms with E-state index in [-0.39, 0.29) is 33.9 Å². The first-order valence-electron chi connectivity index (χ1n) is 0.868. The topological polar surface area (TPSA) is 35.2 Å². The molecule has 0 radical (unpaired) electrons. The van der Waals surface area contributed by atoms with Gasteiger partial charge in [-0.1, -0.05) is 12.6 Å². The summed E-state index contributed by atoms with van der Waals surface area (Å²) in [6.45, 7) is 0. The summed E-state index contributed by atoms with van der Waals surface area (Å²) in [5, 5.41) is 0. The van der Waals surface area contributed by atoms with Crippen LogP contribution in [0.5, 0.6) is 0 Å². The van der Waals surface area contributed by atoms with Gasteiger partial charge in [-0.15, -0.1) is 0 Å². The average Bonchev–Trinajstić information content (AvgIpc) is 1.38. The van der Waals surface area contributed by atoms with Gasteiger partial charge in [-0.25, -0.2) is 0 Å². The van der Waals surface area contributed by atoms with E-state index in [0.717, 1.165) is 0 Å². The van der Waals surface area contributed by atoms with Crippen molar-refractivity contribution >= 4 is 58.8 Å². The van der Waals surface area contributed by atoms with E-state index in [1.807, 2.05) is 0 Å². The van der Waals surface area contributed by atoms with Crippen molar-refractivity contribution in [2.75, 3.05) is 0 Å². The molecule has 0 saturated carbocycles. The van der Waals surface area contributed by atoms with Crippen molar-refractivity contribution in [1.29, 1.82) is 0 Å². The van der Waals surface area contributed by atoms with E-state index in [4.69, 9.17) is 0 Å². The van der Waals surface area contributed by atoms with Crippen LogP contribution in [0.4, 0.5) is 0 Å². The molecule has 32 valence electrons. The van der Waals surface area contributed by atoms with Gasteiger partial charge in [0.05, 0.1) is 0 Å². The number of thiocarbonyl (C=S) groups is 1. The van der Waals surface area contributed by atoms with Gasteiger partial charge in [-0.05, 0) is 12.2 Å². The standard InChI is InChI=1S/CH3NOS2.Na.H/c2-3-1(4)5;;/h2H2,(H,4,5);;. The molecule has 0 atom stereocenters. The second-order valence-electron chi connectivity index (χ2n) is 0.384. The first-order valence-corrected chi connectivity index (χ1v) is 1.72. The molecule has 0 heterocycles. The summed E-state index contributed by atoms with van der Waals surface area (Å²) in [6, 6.07) is 0. The van der Waals surface area contributed by atoms with Crippen LogP contribution in [0.25, 0.3) is 0 Å². The van der Waals surface area contributed by atoms with Crippen LogP contribution in [0, 0.1) is 0 Å². The van der Waals surface area contributed by atoms with Crippen LogP contribution < -0.4 is 5.90 Å². The third kappa shape index (κ3) is 8.96. The van der Waals surface area contributed by atoms with E-state index in [1.54, 1.807) is 0 Å². The van der Waals surface area contributed by atoms with Gasteiger partial charge in [0.25, 0.3) is 0 Å². The molecule has 0 bridgehead atoms. The van der Waals surface area contributed by atoms with Gasteiger partial charge in [0, 0.05) is 0 Å². The first-order chi connectivity index (χ1) is 2.27. The Labute approximate surface area is 69.1 Å². The molecule has 0 rings (SSSR count). The van der Waals surface area contributed by atoms with Crippen LogP contribution >= 0.6 is 24.8 Å². The molecule has 0 amide bonds. The minimum absolute atomic E-state index is 0. The van der Waals surface area contributed by atoms with E-state index in [2.05, 4.69) is 35.6 Å². The SMILES string of the molecule is NOC(=S)S.[NaH]. The predicted molar refractivity (Wildman–Crippen MR) is 34.0 cm³/mol. The number of hydrogen-bond donors (Lipinski definition) is 2. The zero-order valence-electron chi connectivity index (χ0n) is 2.34. The average molecular weight is 133 g/mol. The van der Waals surface area contributed by atoms with E-state index in [9.17, 15) is 0 Å². The molecule has 6 heavy (non-hydrogen) atoms. The van der Waals surface area contributed by atoms with Crippen LogP contribution in [0.3, 0.4) is 0 Å². The van der Waals surface area contributed by atoms with Gasteiger partial charge in [-0.2, -0.15) is 5.90 Å². The van der Waals surface area contributed by atoms with Crippen LogP contribution in [-0.4, -0.2) is 33.9 Å². The molecule has 2 N–H and O–H groups in total. The summed E-state index contributed by atoms with van der Waals surface area (Å²) >= 11 is 7.70. The van der Waals surface area contributed by atoms with Crippen molar-refractivity contribution in [2.24, 2.45) is 5.90 Å². The predicted octanol–water partition coefficient (Wildman–Crippen LogP) is -0.557. The molecule has 0 saturated heterocycles. The fraction of sp³-hybridized carbons (Fsp3) is 0. The van der Waals surface area contributed by atoms with Crippen molar-refractivity contribution in [3.8, 4) is 0 Å². The zero-order chi connectivity index (χ0) is 4.28. The number of nitrogens with two attached hydrogens (primary N) is 1. The molecule has 5 heteroatoms. The second-order valence-corrected chi connectivity index (χ2v) is 1.46. The van der Waals surface area contributed by atoms with E-state index in [1.165, 1.54) is 0 Å². The molecule has 0 aromatic carbocycles. The third-order valence-electron chi connectivity index (χ3n) is 0.101.